The molecule has 0 aliphatic carbocycles. The van der Waals surface area contributed by atoms with Gasteiger partial charge in [0.15, 0.2) is 5.75 Å². The van der Waals surface area contributed by atoms with Gasteiger partial charge in [0.05, 0.1) is 11.7 Å². The van der Waals surface area contributed by atoms with Crippen LogP contribution in [0.1, 0.15) is 48.7 Å². The molecule has 242 valence electrons. The summed E-state index contributed by atoms with van der Waals surface area (Å²) in [6, 6.07) is 25.4. The third kappa shape index (κ3) is 8.97. The van der Waals surface area contributed by atoms with E-state index in [1.807, 2.05) is 99.6 Å². The second kappa shape index (κ2) is 15.1. The molecule has 2 heterocycles. The molecule has 0 bridgehead atoms. The van der Waals surface area contributed by atoms with E-state index in [1.54, 1.807) is 11.1 Å². The highest BCUT2D eigenvalue weighted by molar-refractivity contribution is 6.06. The van der Waals surface area contributed by atoms with Gasteiger partial charge in [0.2, 0.25) is 0 Å². The number of rotatable bonds is 11. The summed E-state index contributed by atoms with van der Waals surface area (Å²) in [5.41, 5.74) is 3.45. The van der Waals surface area contributed by atoms with Gasteiger partial charge in [-0.3, -0.25) is 9.88 Å². The highest BCUT2D eigenvalue weighted by Gasteiger charge is 2.26. The summed E-state index contributed by atoms with van der Waals surface area (Å²) in [4.78, 5) is 37.0. The number of pyridine rings is 1. The molecule has 1 fully saturated rings. The van der Waals surface area contributed by atoms with Crippen molar-refractivity contribution in [3.63, 3.8) is 0 Å². The van der Waals surface area contributed by atoms with E-state index in [4.69, 9.17) is 14.2 Å². The summed E-state index contributed by atoms with van der Waals surface area (Å²) in [5, 5.41) is 0.686. The molecule has 1 aromatic heterocycles. The maximum absolute atomic E-state index is 13.6. The molecule has 0 radical (unpaired) electrons. The van der Waals surface area contributed by atoms with Crippen LogP contribution in [-0.2, 0) is 22.7 Å². The SMILES string of the molecule is CN(CCCN1CCN(C(=O)OC(C)(C)C)CC1)c1ccc2ncc(OCc3ccccc3)c(C(=O)OCc3ccccc3)c2c1. The lowest BCUT2D eigenvalue weighted by atomic mass is 10.1. The molecule has 9 nitrogen and oxygen atoms in total. The van der Waals surface area contributed by atoms with Crippen LogP contribution in [0.5, 0.6) is 5.75 Å². The number of esters is 1. The zero-order chi connectivity index (χ0) is 32.5. The molecule has 46 heavy (non-hydrogen) atoms. The second-order valence-electron chi connectivity index (χ2n) is 12.6. The Bertz CT molecular complexity index is 1600. The van der Waals surface area contributed by atoms with Crippen molar-refractivity contribution in [1.29, 1.82) is 0 Å². The lowest BCUT2D eigenvalue weighted by Gasteiger charge is -2.35. The normalized spacial score (nSPS) is 13.8. The summed E-state index contributed by atoms with van der Waals surface area (Å²) in [5.74, 6) is -0.0654. The van der Waals surface area contributed by atoms with Crippen LogP contribution < -0.4 is 9.64 Å². The van der Waals surface area contributed by atoms with Gasteiger partial charge in [-0.25, -0.2) is 9.59 Å². The maximum atomic E-state index is 13.6. The number of aromatic nitrogens is 1. The van der Waals surface area contributed by atoms with Crippen molar-refractivity contribution in [1.82, 2.24) is 14.8 Å². The third-order valence-electron chi connectivity index (χ3n) is 7.90. The minimum Gasteiger partial charge on any atom is -0.486 e. The van der Waals surface area contributed by atoms with Crippen LogP contribution in [0.25, 0.3) is 10.9 Å². The number of nitrogens with zero attached hydrogens (tertiary/aromatic N) is 4. The molecule has 1 aliphatic heterocycles. The van der Waals surface area contributed by atoms with Crippen LogP contribution in [0.3, 0.4) is 0 Å². The van der Waals surface area contributed by atoms with Gasteiger partial charge >= 0.3 is 12.1 Å². The first kappa shape index (κ1) is 32.8. The van der Waals surface area contributed by atoms with Crippen LogP contribution in [0.2, 0.25) is 0 Å². The summed E-state index contributed by atoms with van der Waals surface area (Å²) in [6.07, 6.45) is 2.32. The fraction of sp³-hybridized carbons (Fsp3) is 0.378. The predicted molar refractivity (Wildman–Crippen MR) is 180 cm³/mol. The Morgan fingerprint density at radius 1 is 0.870 bits per heavy atom. The molecular formula is C37H44N4O5. The molecule has 0 saturated carbocycles. The third-order valence-corrected chi connectivity index (χ3v) is 7.90. The van der Waals surface area contributed by atoms with Gasteiger partial charge in [0.1, 0.15) is 24.4 Å². The molecule has 0 unspecified atom stereocenters. The van der Waals surface area contributed by atoms with Crippen molar-refractivity contribution in [2.45, 2.75) is 46.0 Å². The van der Waals surface area contributed by atoms with E-state index in [0.717, 1.165) is 49.4 Å². The lowest BCUT2D eigenvalue weighted by molar-refractivity contribution is 0.0145. The van der Waals surface area contributed by atoms with E-state index in [0.29, 0.717) is 41.9 Å². The zero-order valence-electron chi connectivity index (χ0n) is 27.3. The summed E-state index contributed by atoms with van der Waals surface area (Å²) < 4.78 is 17.5. The molecule has 1 amide bonds. The summed E-state index contributed by atoms with van der Waals surface area (Å²) in [7, 11) is 2.05. The molecular weight excluding hydrogens is 580 g/mol. The highest BCUT2D eigenvalue weighted by atomic mass is 16.6. The number of hydrogen-bond donors (Lipinski definition) is 0. The van der Waals surface area contributed by atoms with E-state index in [1.165, 1.54) is 0 Å². The molecule has 1 saturated heterocycles. The van der Waals surface area contributed by atoms with E-state index in [9.17, 15) is 9.59 Å². The Labute approximate surface area is 271 Å². The van der Waals surface area contributed by atoms with Crippen LogP contribution in [0.15, 0.2) is 85.1 Å². The number of fused-ring (bicyclic) bond motifs is 1. The molecule has 5 rings (SSSR count). The largest absolute Gasteiger partial charge is 0.486 e. The minimum atomic E-state index is -0.488. The Morgan fingerprint density at radius 3 is 2.17 bits per heavy atom. The molecule has 4 aromatic rings. The van der Waals surface area contributed by atoms with Crippen molar-refractivity contribution < 1.29 is 23.8 Å². The van der Waals surface area contributed by atoms with Crippen LogP contribution >= 0.6 is 0 Å². The average molecular weight is 625 g/mol. The van der Waals surface area contributed by atoms with Crippen molar-refractivity contribution in [2.75, 3.05) is 51.2 Å². The van der Waals surface area contributed by atoms with Crippen molar-refractivity contribution in [3.8, 4) is 5.75 Å². The number of hydrogen-bond acceptors (Lipinski definition) is 8. The zero-order valence-corrected chi connectivity index (χ0v) is 27.3. The van der Waals surface area contributed by atoms with E-state index >= 15 is 0 Å². The molecule has 0 N–H and O–H groups in total. The van der Waals surface area contributed by atoms with Gasteiger partial charge in [-0.2, -0.15) is 0 Å². The minimum absolute atomic E-state index is 0.160. The molecule has 9 heteroatoms. The number of anilines is 1. The Kier molecular flexibility index (Phi) is 10.8. The smallest absolute Gasteiger partial charge is 0.410 e. The van der Waals surface area contributed by atoms with Gasteiger partial charge in [-0.1, -0.05) is 60.7 Å². The van der Waals surface area contributed by atoms with Crippen LogP contribution in [-0.4, -0.2) is 78.8 Å². The standard InChI is InChI=1S/C37H44N4O5/c1-37(2,3)46-36(43)41-22-20-40(21-23-41)19-11-18-39(4)30-16-17-32-31(24-30)34(35(42)45-27-29-14-9-6-10-15-29)33(25-38-32)44-26-28-12-7-5-8-13-28/h5-10,12-17,24-25H,11,18-23,26-27H2,1-4H3. The maximum Gasteiger partial charge on any atom is 0.410 e. The number of amides is 1. The monoisotopic (exact) mass is 624 g/mol. The highest BCUT2D eigenvalue weighted by Crippen LogP contribution is 2.31. The first-order valence-electron chi connectivity index (χ1n) is 15.9. The topological polar surface area (TPSA) is 84.4 Å². The molecule has 0 atom stereocenters. The van der Waals surface area contributed by atoms with Crippen molar-refractivity contribution in [3.05, 3.63) is 102 Å². The first-order valence-corrected chi connectivity index (χ1v) is 15.9. The quantitative estimate of drug-likeness (QED) is 0.174. The number of ether oxygens (including phenoxy) is 3. The summed E-state index contributed by atoms with van der Waals surface area (Å²) in [6.45, 7) is 10.9. The van der Waals surface area contributed by atoms with Gasteiger partial charge in [0.25, 0.3) is 0 Å². The molecule has 0 spiro atoms. The Balaban J connectivity index is 1.26. The van der Waals surface area contributed by atoms with E-state index < -0.39 is 11.6 Å². The van der Waals surface area contributed by atoms with E-state index in [2.05, 4.69) is 21.8 Å². The number of carbonyl (C=O) groups is 2. The van der Waals surface area contributed by atoms with Crippen molar-refractivity contribution >= 4 is 28.7 Å². The molecule has 1 aliphatic rings. The molecule has 3 aromatic carbocycles. The van der Waals surface area contributed by atoms with Crippen LogP contribution in [0, 0.1) is 0 Å². The first-order chi connectivity index (χ1) is 22.2. The van der Waals surface area contributed by atoms with Gasteiger partial charge in [-0.15, -0.1) is 0 Å². The summed E-state index contributed by atoms with van der Waals surface area (Å²) >= 11 is 0. The second-order valence-corrected chi connectivity index (χ2v) is 12.6. The van der Waals surface area contributed by atoms with Gasteiger partial charge in [-0.05, 0) is 63.1 Å². The van der Waals surface area contributed by atoms with Gasteiger partial charge < -0.3 is 24.0 Å². The van der Waals surface area contributed by atoms with Crippen molar-refractivity contribution in [2.24, 2.45) is 0 Å². The number of benzene rings is 3. The number of carbonyl (C=O) groups excluding carboxylic acids is 2. The fourth-order valence-electron chi connectivity index (χ4n) is 5.39. The average Bonchev–Trinajstić information content (AvgIpc) is 3.06. The van der Waals surface area contributed by atoms with E-state index in [-0.39, 0.29) is 12.7 Å². The Hall–Kier alpha value is -4.63. The van der Waals surface area contributed by atoms with Crippen LogP contribution in [0.4, 0.5) is 10.5 Å². The Morgan fingerprint density at radius 2 is 1.52 bits per heavy atom. The lowest BCUT2D eigenvalue weighted by Crippen LogP contribution is -2.50. The predicted octanol–water partition coefficient (Wildman–Crippen LogP) is 6.55. The van der Waals surface area contributed by atoms with Gasteiger partial charge in [0, 0.05) is 50.8 Å². The number of piperazine rings is 1. The fourth-order valence-corrected chi connectivity index (χ4v) is 5.39.